The van der Waals surface area contributed by atoms with Crippen molar-refractivity contribution in [2.24, 2.45) is 0 Å². The molecule has 1 N–H and O–H groups in total. The summed E-state index contributed by atoms with van der Waals surface area (Å²) in [5.41, 5.74) is 1.39. The van der Waals surface area contributed by atoms with Gasteiger partial charge in [0.25, 0.3) is 0 Å². The average molecular weight is 226 g/mol. The van der Waals surface area contributed by atoms with Gasteiger partial charge >= 0.3 is 0 Å². The van der Waals surface area contributed by atoms with Crippen LogP contribution in [0.1, 0.15) is 50.7 Å². The Morgan fingerprint density at radius 3 is 2.53 bits per heavy atom. The fraction of sp³-hybridized carbons (Fsp3) is 0.750. The summed E-state index contributed by atoms with van der Waals surface area (Å²) in [7, 11) is 2.00. The molecule has 1 rings (SSSR count). The van der Waals surface area contributed by atoms with Gasteiger partial charge in [0.1, 0.15) is 0 Å². The van der Waals surface area contributed by atoms with E-state index in [9.17, 15) is 0 Å². The summed E-state index contributed by atoms with van der Waals surface area (Å²) in [6.07, 6.45) is 1.15. The number of hydrogen-bond donors (Lipinski definition) is 1. The molecule has 0 amide bonds. The SMILES string of the molecule is CCC(CNC)c1nc(C(C)(C)C)cs1. The van der Waals surface area contributed by atoms with Gasteiger partial charge in [0.2, 0.25) is 0 Å². The molecule has 0 aliphatic heterocycles. The van der Waals surface area contributed by atoms with Crippen molar-refractivity contribution in [2.75, 3.05) is 13.6 Å². The molecule has 1 atom stereocenters. The van der Waals surface area contributed by atoms with Gasteiger partial charge in [0, 0.05) is 23.3 Å². The normalized spacial score (nSPS) is 14.2. The zero-order chi connectivity index (χ0) is 11.5. The molecule has 0 aliphatic rings. The van der Waals surface area contributed by atoms with Crippen molar-refractivity contribution in [3.8, 4) is 0 Å². The summed E-state index contributed by atoms with van der Waals surface area (Å²) in [4.78, 5) is 4.75. The zero-order valence-electron chi connectivity index (χ0n) is 10.4. The lowest BCUT2D eigenvalue weighted by Gasteiger charge is -2.15. The Balaban J connectivity index is 2.82. The van der Waals surface area contributed by atoms with Gasteiger partial charge in [-0.3, -0.25) is 0 Å². The highest BCUT2D eigenvalue weighted by molar-refractivity contribution is 7.09. The van der Waals surface area contributed by atoms with Crippen LogP contribution in [0, 0.1) is 0 Å². The minimum absolute atomic E-state index is 0.173. The van der Waals surface area contributed by atoms with Gasteiger partial charge < -0.3 is 5.32 Å². The van der Waals surface area contributed by atoms with E-state index in [0.29, 0.717) is 5.92 Å². The lowest BCUT2D eigenvalue weighted by Crippen LogP contribution is -2.17. The van der Waals surface area contributed by atoms with Gasteiger partial charge in [0.15, 0.2) is 0 Å². The maximum atomic E-state index is 4.75. The third-order valence-corrected chi connectivity index (χ3v) is 3.59. The standard InChI is InChI=1S/C12H22N2S/c1-6-9(7-13-5)11-14-10(8-15-11)12(2,3)4/h8-9,13H,6-7H2,1-5H3. The van der Waals surface area contributed by atoms with Crippen molar-refractivity contribution in [3.63, 3.8) is 0 Å². The summed E-state index contributed by atoms with van der Waals surface area (Å²) >= 11 is 1.80. The monoisotopic (exact) mass is 226 g/mol. The number of thiazole rings is 1. The Hall–Kier alpha value is -0.410. The number of nitrogens with zero attached hydrogens (tertiary/aromatic N) is 1. The van der Waals surface area contributed by atoms with E-state index in [2.05, 4.69) is 38.4 Å². The number of hydrogen-bond acceptors (Lipinski definition) is 3. The van der Waals surface area contributed by atoms with E-state index in [1.54, 1.807) is 11.3 Å². The maximum Gasteiger partial charge on any atom is 0.0972 e. The molecule has 1 aromatic heterocycles. The van der Waals surface area contributed by atoms with Gasteiger partial charge in [0.05, 0.1) is 10.7 Å². The fourth-order valence-corrected chi connectivity index (χ4v) is 2.70. The second-order valence-corrected chi connectivity index (χ2v) is 5.87. The van der Waals surface area contributed by atoms with Crippen molar-refractivity contribution in [1.29, 1.82) is 0 Å². The quantitative estimate of drug-likeness (QED) is 0.853. The number of nitrogens with one attached hydrogen (secondary N) is 1. The number of aromatic nitrogens is 1. The van der Waals surface area contributed by atoms with Crippen molar-refractivity contribution in [2.45, 2.75) is 45.4 Å². The molecule has 1 unspecified atom stereocenters. The van der Waals surface area contributed by atoms with Crippen LogP contribution in [0.15, 0.2) is 5.38 Å². The van der Waals surface area contributed by atoms with Crippen molar-refractivity contribution in [3.05, 3.63) is 16.1 Å². The van der Waals surface area contributed by atoms with Crippen molar-refractivity contribution in [1.82, 2.24) is 10.3 Å². The average Bonchev–Trinajstić information content (AvgIpc) is 2.62. The third-order valence-electron chi connectivity index (χ3n) is 2.58. The third kappa shape index (κ3) is 3.28. The molecule has 0 aromatic carbocycles. The molecule has 1 heterocycles. The molecule has 0 bridgehead atoms. The van der Waals surface area contributed by atoms with Crippen LogP contribution in [0.4, 0.5) is 0 Å². The molecule has 0 saturated heterocycles. The van der Waals surface area contributed by atoms with Crippen molar-refractivity contribution >= 4 is 11.3 Å². The largest absolute Gasteiger partial charge is 0.319 e. The molecular weight excluding hydrogens is 204 g/mol. The molecule has 1 aromatic rings. The second kappa shape index (κ2) is 5.08. The Labute approximate surface area is 97.1 Å². The first-order chi connectivity index (χ1) is 6.99. The van der Waals surface area contributed by atoms with Gasteiger partial charge in [-0.1, -0.05) is 27.7 Å². The van der Waals surface area contributed by atoms with Crippen LogP contribution in [-0.4, -0.2) is 18.6 Å². The summed E-state index contributed by atoms with van der Waals surface area (Å²) in [6.45, 7) is 9.88. The van der Waals surface area contributed by atoms with Crippen LogP contribution in [0.2, 0.25) is 0 Å². The summed E-state index contributed by atoms with van der Waals surface area (Å²) in [5.74, 6) is 0.566. The topological polar surface area (TPSA) is 24.9 Å². The predicted octanol–water partition coefficient (Wildman–Crippen LogP) is 3.15. The molecule has 0 radical (unpaired) electrons. The van der Waals surface area contributed by atoms with E-state index in [0.717, 1.165) is 13.0 Å². The molecule has 2 nitrogen and oxygen atoms in total. The predicted molar refractivity (Wildman–Crippen MR) is 67.8 cm³/mol. The Morgan fingerprint density at radius 1 is 1.47 bits per heavy atom. The lowest BCUT2D eigenvalue weighted by atomic mass is 9.93. The fourth-order valence-electron chi connectivity index (χ4n) is 1.47. The Morgan fingerprint density at radius 2 is 2.13 bits per heavy atom. The first-order valence-electron chi connectivity index (χ1n) is 5.59. The zero-order valence-corrected chi connectivity index (χ0v) is 11.2. The van der Waals surface area contributed by atoms with E-state index in [4.69, 9.17) is 4.98 Å². The summed E-state index contributed by atoms with van der Waals surface area (Å²) in [6, 6.07) is 0. The van der Waals surface area contributed by atoms with E-state index < -0.39 is 0 Å². The lowest BCUT2D eigenvalue weighted by molar-refractivity contribution is 0.559. The maximum absolute atomic E-state index is 4.75. The van der Waals surface area contributed by atoms with Gasteiger partial charge in [-0.25, -0.2) is 4.98 Å². The van der Waals surface area contributed by atoms with Gasteiger partial charge in [-0.05, 0) is 13.5 Å². The van der Waals surface area contributed by atoms with Gasteiger partial charge in [-0.2, -0.15) is 0 Å². The first-order valence-corrected chi connectivity index (χ1v) is 6.47. The van der Waals surface area contributed by atoms with E-state index >= 15 is 0 Å². The molecular formula is C12H22N2S. The van der Waals surface area contributed by atoms with E-state index in [1.165, 1.54) is 10.7 Å². The molecule has 15 heavy (non-hydrogen) atoms. The second-order valence-electron chi connectivity index (χ2n) is 4.98. The smallest absolute Gasteiger partial charge is 0.0972 e. The molecule has 0 aliphatic carbocycles. The minimum atomic E-state index is 0.173. The van der Waals surface area contributed by atoms with Crippen LogP contribution >= 0.6 is 11.3 Å². The van der Waals surface area contributed by atoms with Crippen LogP contribution in [-0.2, 0) is 5.41 Å². The molecule has 0 saturated carbocycles. The van der Waals surface area contributed by atoms with Crippen LogP contribution < -0.4 is 5.32 Å². The highest BCUT2D eigenvalue weighted by atomic mass is 32.1. The molecule has 3 heteroatoms. The Bertz CT molecular complexity index is 299. The molecule has 0 spiro atoms. The highest BCUT2D eigenvalue weighted by Crippen LogP contribution is 2.28. The summed E-state index contributed by atoms with van der Waals surface area (Å²) in [5, 5.41) is 6.71. The first kappa shape index (κ1) is 12.7. The molecule has 86 valence electrons. The minimum Gasteiger partial charge on any atom is -0.319 e. The van der Waals surface area contributed by atoms with Crippen LogP contribution in [0.25, 0.3) is 0 Å². The van der Waals surface area contributed by atoms with Gasteiger partial charge in [-0.15, -0.1) is 11.3 Å². The van der Waals surface area contributed by atoms with E-state index in [1.807, 2.05) is 7.05 Å². The Kier molecular flexibility index (Phi) is 4.29. The van der Waals surface area contributed by atoms with Crippen LogP contribution in [0.3, 0.4) is 0 Å². The van der Waals surface area contributed by atoms with Crippen LogP contribution in [0.5, 0.6) is 0 Å². The number of likely N-dealkylation sites (N-methyl/N-ethyl adjacent to an activating group) is 1. The molecule has 0 fully saturated rings. The highest BCUT2D eigenvalue weighted by Gasteiger charge is 2.20. The summed E-state index contributed by atoms with van der Waals surface area (Å²) < 4.78 is 0. The van der Waals surface area contributed by atoms with Crippen molar-refractivity contribution < 1.29 is 0 Å². The number of rotatable bonds is 4. The van der Waals surface area contributed by atoms with E-state index in [-0.39, 0.29) is 5.41 Å².